The fourth-order valence-electron chi connectivity index (χ4n) is 3.14. The van der Waals surface area contributed by atoms with Gasteiger partial charge in [-0.05, 0) is 37.5 Å². The van der Waals surface area contributed by atoms with Crippen molar-refractivity contribution in [2.75, 3.05) is 25.5 Å². The number of rotatable bonds is 7. The van der Waals surface area contributed by atoms with Gasteiger partial charge in [0.1, 0.15) is 5.75 Å². The molecule has 1 aromatic carbocycles. The van der Waals surface area contributed by atoms with Gasteiger partial charge in [0.05, 0.1) is 18.8 Å². The maximum Gasteiger partial charge on any atom is 0.319 e. The molecule has 1 atom stereocenters. The number of benzene rings is 1. The highest BCUT2D eigenvalue weighted by atomic mass is 16.5. The molecule has 4 amide bonds. The van der Waals surface area contributed by atoms with E-state index in [1.165, 1.54) is 7.11 Å². The van der Waals surface area contributed by atoms with Crippen molar-refractivity contribution in [1.82, 2.24) is 15.5 Å². The van der Waals surface area contributed by atoms with Crippen molar-refractivity contribution in [2.45, 2.75) is 44.7 Å². The number of likely N-dealkylation sites (tertiary alicyclic amines) is 1. The summed E-state index contributed by atoms with van der Waals surface area (Å²) < 4.78 is 5.27. The number of ether oxygens (including phenoxy) is 1. The molecule has 1 aliphatic heterocycles. The number of carbonyl (C=O) groups excluding carboxylic acids is 3. The Morgan fingerprint density at radius 1 is 1.22 bits per heavy atom. The number of amides is 4. The minimum atomic E-state index is -0.427. The highest BCUT2D eigenvalue weighted by Crippen LogP contribution is 2.26. The van der Waals surface area contributed by atoms with Crippen molar-refractivity contribution in [3.63, 3.8) is 0 Å². The first kappa shape index (κ1) is 19.0. The minimum absolute atomic E-state index is 0.0541. The van der Waals surface area contributed by atoms with Crippen LogP contribution in [-0.2, 0) is 4.79 Å². The zero-order chi connectivity index (χ0) is 19.4. The van der Waals surface area contributed by atoms with Crippen LogP contribution in [0, 0.1) is 0 Å². The maximum absolute atomic E-state index is 12.4. The van der Waals surface area contributed by atoms with Gasteiger partial charge in [-0.3, -0.25) is 9.59 Å². The highest BCUT2D eigenvalue weighted by molar-refractivity contribution is 5.98. The summed E-state index contributed by atoms with van der Waals surface area (Å²) in [4.78, 5) is 38.3. The summed E-state index contributed by atoms with van der Waals surface area (Å²) in [5.74, 6) is 0.349. The van der Waals surface area contributed by atoms with E-state index in [1.54, 1.807) is 23.1 Å². The fraction of sp³-hybridized carbons (Fsp3) is 0.526. The largest absolute Gasteiger partial charge is 0.495 e. The van der Waals surface area contributed by atoms with Crippen LogP contribution < -0.4 is 20.7 Å². The second-order valence-electron chi connectivity index (χ2n) is 7.00. The second kappa shape index (κ2) is 8.28. The van der Waals surface area contributed by atoms with Gasteiger partial charge >= 0.3 is 6.03 Å². The first-order valence-electron chi connectivity index (χ1n) is 9.34. The Balaban J connectivity index is 1.62. The van der Waals surface area contributed by atoms with E-state index < -0.39 is 6.03 Å². The molecule has 0 aromatic heterocycles. The first-order valence-corrected chi connectivity index (χ1v) is 9.34. The predicted molar refractivity (Wildman–Crippen MR) is 101 cm³/mol. The fourth-order valence-corrected chi connectivity index (χ4v) is 3.14. The van der Waals surface area contributed by atoms with Gasteiger partial charge in [-0.1, -0.05) is 6.92 Å². The van der Waals surface area contributed by atoms with E-state index in [4.69, 9.17) is 4.74 Å². The number of methoxy groups -OCH3 is 1. The highest BCUT2D eigenvalue weighted by Gasteiger charge is 2.30. The summed E-state index contributed by atoms with van der Waals surface area (Å²) in [5, 5.41) is 8.47. The Kier molecular flexibility index (Phi) is 5.83. The molecule has 1 saturated heterocycles. The lowest BCUT2D eigenvalue weighted by Crippen LogP contribution is -2.39. The van der Waals surface area contributed by atoms with Crippen molar-refractivity contribution in [1.29, 1.82) is 0 Å². The molecule has 2 aliphatic rings. The van der Waals surface area contributed by atoms with Crippen LogP contribution in [0.2, 0.25) is 0 Å². The molecular weight excluding hydrogens is 348 g/mol. The average molecular weight is 374 g/mol. The van der Waals surface area contributed by atoms with E-state index in [-0.39, 0.29) is 23.9 Å². The predicted octanol–water partition coefficient (Wildman–Crippen LogP) is 1.72. The van der Waals surface area contributed by atoms with Crippen molar-refractivity contribution < 1.29 is 19.1 Å². The van der Waals surface area contributed by atoms with Gasteiger partial charge < -0.3 is 25.6 Å². The van der Waals surface area contributed by atoms with E-state index >= 15 is 0 Å². The molecular formula is C19H26N4O4. The third kappa shape index (κ3) is 4.90. The molecule has 2 fully saturated rings. The second-order valence-corrected chi connectivity index (χ2v) is 7.00. The van der Waals surface area contributed by atoms with Gasteiger partial charge in [-0.15, -0.1) is 0 Å². The van der Waals surface area contributed by atoms with Crippen molar-refractivity contribution in [3.8, 4) is 5.75 Å². The molecule has 1 aromatic rings. The van der Waals surface area contributed by atoms with Crippen molar-refractivity contribution in [2.24, 2.45) is 0 Å². The number of hydrogen-bond donors (Lipinski definition) is 3. The number of carbonyl (C=O) groups is 3. The average Bonchev–Trinajstić information content (AvgIpc) is 3.38. The summed E-state index contributed by atoms with van der Waals surface area (Å²) in [7, 11) is 1.50. The third-order valence-electron chi connectivity index (χ3n) is 4.67. The molecule has 0 radical (unpaired) electrons. The van der Waals surface area contributed by atoms with Gasteiger partial charge in [0.15, 0.2) is 0 Å². The molecule has 8 heteroatoms. The number of nitrogens with zero attached hydrogens (tertiary/aromatic N) is 1. The number of nitrogens with one attached hydrogen (secondary N) is 3. The molecule has 8 nitrogen and oxygen atoms in total. The van der Waals surface area contributed by atoms with Crippen LogP contribution >= 0.6 is 0 Å². The number of anilines is 1. The zero-order valence-corrected chi connectivity index (χ0v) is 15.7. The molecule has 1 heterocycles. The monoisotopic (exact) mass is 374 g/mol. The van der Waals surface area contributed by atoms with Gasteiger partial charge in [0.2, 0.25) is 5.91 Å². The minimum Gasteiger partial charge on any atom is -0.495 e. The third-order valence-corrected chi connectivity index (χ3v) is 4.67. The van der Waals surface area contributed by atoms with E-state index in [1.807, 2.05) is 6.92 Å². The summed E-state index contributed by atoms with van der Waals surface area (Å²) in [6.45, 7) is 3.23. The van der Waals surface area contributed by atoms with E-state index in [0.29, 0.717) is 36.5 Å². The SMILES string of the molecule is CCCN1CC(NC(=O)Nc2cc(C(=O)NC3CC3)ccc2OC)CC1=O. The van der Waals surface area contributed by atoms with Gasteiger partial charge in [-0.2, -0.15) is 0 Å². The first-order chi connectivity index (χ1) is 13.0. The maximum atomic E-state index is 12.4. The lowest BCUT2D eigenvalue weighted by atomic mass is 10.1. The van der Waals surface area contributed by atoms with E-state index in [2.05, 4.69) is 16.0 Å². The summed E-state index contributed by atoms with van der Waals surface area (Å²) in [6, 6.07) is 4.52. The van der Waals surface area contributed by atoms with Gasteiger partial charge in [0, 0.05) is 31.1 Å². The van der Waals surface area contributed by atoms with Crippen LogP contribution in [0.15, 0.2) is 18.2 Å². The van der Waals surface area contributed by atoms with Crippen LogP contribution in [0.25, 0.3) is 0 Å². The molecule has 1 unspecified atom stereocenters. The van der Waals surface area contributed by atoms with E-state index in [0.717, 1.165) is 19.3 Å². The Morgan fingerprint density at radius 3 is 2.67 bits per heavy atom. The Labute approximate surface area is 158 Å². The molecule has 0 bridgehead atoms. The zero-order valence-electron chi connectivity index (χ0n) is 15.7. The van der Waals surface area contributed by atoms with Crippen LogP contribution in [0.1, 0.15) is 43.0 Å². The lowest BCUT2D eigenvalue weighted by molar-refractivity contribution is -0.127. The number of urea groups is 1. The van der Waals surface area contributed by atoms with Crippen LogP contribution in [-0.4, -0.2) is 55.0 Å². The quantitative estimate of drug-likeness (QED) is 0.677. The number of hydrogen-bond acceptors (Lipinski definition) is 4. The molecule has 0 spiro atoms. The molecule has 3 rings (SSSR count). The van der Waals surface area contributed by atoms with Crippen LogP contribution in [0.5, 0.6) is 5.75 Å². The van der Waals surface area contributed by atoms with Gasteiger partial charge in [-0.25, -0.2) is 4.79 Å². The van der Waals surface area contributed by atoms with Crippen LogP contribution in [0.4, 0.5) is 10.5 Å². The summed E-state index contributed by atoms with van der Waals surface area (Å²) >= 11 is 0. The Morgan fingerprint density at radius 2 is 2.00 bits per heavy atom. The molecule has 146 valence electrons. The summed E-state index contributed by atoms with van der Waals surface area (Å²) in [5.41, 5.74) is 0.872. The molecule has 27 heavy (non-hydrogen) atoms. The van der Waals surface area contributed by atoms with E-state index in [9.17, 15) is 14.4 Å². The Hall–Kier alpha value is -2.77. The Bertz CT molecular complexity index is 732. The van der Waals surface area contributed by atoms with Crippen molar-refractivity contribution in [3.05, 3.63) is 23.8 Å². The molecule has 3 N–H and O–H groups in total. The summed E-state index contributed by atoms with van der Waals surface area (Å²) in [6.07, 6.45) is 3.20. The lowest BCUT2D eigenvalue weighted by Gasteiger charge is -2.17. The van der Waals surface area contributed by atoms with Gasteiger partial charge in [0.25, 0.3) is 5.91 Å². The topological polar surface area (TPSA) is 99.8 Å². The normalized spacial score (nSPS) is 19.0. The molecule has 1 saturated carbocycles. The van der Waals surface area contributed by atoms with Crippen molar-refractivity contribution >= 4 is 23.5 Å². The standard InChI is InChI=1S/C19H26N4O4/c1-3-8-23-11-14(10-17(23)24)21-19(26)22-15-9-12(4-7-16(15)27-2)18(25)20-13-5-6-13/h4,7,9,13-14H,3,5-6,8,10-11H2,1-2H3,(H,20,25)(H2,21,22,26). The van der Waals surface area contributed by atoms with Crippen LogP contribution in [0.3, 0.4) is 0 Å². The molecule has 1 aliphatic carbocycles. The smallest absolute Gasteiger partial charge is 0.319 e.